The second-order valence-corrected chi connectivity index (χ2v) is 6.24. The highest BCUT2D eigenvalue weighted by Crippen LogP contribution is 2.22. The van der Waals surface area contributed by atoms with Crippen molar-refractivity contribution in [3.63, 3.8) is 0 Å². The van der Waals surface area contributed by atoms with E-state index in [0.717, 1.165) is 11.3 Å². The molecule has 6 nitrogen and oxygen atoms in total. The molecule has 1 aromatic carbocycles. The lowest BCUT2D eigenvalue weighted by Gasteiger charge is -2.07. The SMILES string of the molecule is O=C(Nc1ccc(C(=O)NCCOc2ccc(F)cc2)s1)c1ccco1. The van der Waals surface area contributed by atoms with Gasteiger partial charge in [0.05, 0.1) is 22.7 Å². The number of hydrogen-bond acceptors (Lipinski definition) is 5. The summed E-state index contributed by atoms with van der Waals surface area (Å²) in [5.41, 5.74) is 0. The van der Waals surface area contributed by atoms with Gasteiger partial charge in [-0.15, -0.1) is 11.3 Å². The van der Waals surface area contributed by atoms with E-state index >= 15 is 0 Å². The van der Waals surface area contributed by atoms with Crippen LogP contribution >= 0.6 is 11.3 Å². The van der Waals surface area contributed by atoms with Gasteiger partial charge in [-0.25, -0.2) is 4.39 Å². The highest BCUT2D eigenvalue weighted by atomic mass is 32.1. The van der Waals surface area contributed by atoms with E-state index in [0.29, 0.717) is 22.2 Å². The van der Waals surface area contributed by atoms with Gasteiger partial charge in [-0.2, -0.15) is 0 Å². The number of furan rings is 1. The minimum atomic E-state index is -0.378. The molecule has 3 aromatic rings. The minimum Gasteiger partial charge on any atom is -0.492 e. The van der Waals surface area contributed by atoms with Crippen molar-refractivity contribution < 1.29 is 23.1 Å². The van der Waals surface area contributed by atoms with E-state index in [1.54, 1.807) is 24.3 Å². The lowest BCUT2D eigenvalue weighted by atomic mass is 10.3. The van der Waals surface area contributed by atoms with Crippen LogP contribution in [-0.2, 0) is 0 Å². The number of hydrogen-bond donors (Lipinski definition) is 2. The molecule has 0 bridgehead atoms. The van der Waals surface area contributed by atoms with Crippen LogP contribution in [0.3, 0.4) is 0 Å². The number of halogens is 1. The Labute approximate surface area is 152 Å². The third-order valence-electron chi connectivity index (χ3n) is 3.28. The molecule has 0 aliphatic carbocycles. The molecule has 0 aliphatic heterocycles. The van der Waals surface area contributed by atoms with Gasteiger partial charge in [-0.05, 0) is 48.5 Å². The number of carbonyl (C=O) groups is 2. The molecule has 0 atom stereocenters. The minimum absolute atomic E-state index is 0.197. The first-order chi connectivity index (χ1) is 12.6. The van der Waals surface area contributed by atoms with Crippen LogP contribution in [0.4, 0.5) is 9.39 Å². The average Bonchev–Trinajstić information content (AvgIpc) is 3.32. The molecule has 2 amide bonds. The molecule has 2 N–H and O–H groups in total. The maximum absolute atomic E-state index is 12.8. The fourth-order valence-electron chi connectivity index (χ4n) is 2.06. The van der Waals surface area contributed by atoms with Gasteiger partial charge < -0.3 is 19.8 Å². The zero-order chi connectivity index (χ0) is 18.4. The summed E-state index contributed by atoms with van der Waals surface area (Å²) >= 11 is 1.15. The van der Waals surface area contributed by atoms with E-state index < -0.39 is 0 Å². The molecule has 26 heavy (non-hydrogen) atoms. The molecule has 3 rings (SSSR count). The van der Waals surface area contributed by atoms with Gasteiger partial charge in [-0.3, -0.25) is 9.59 Å². The van der Waals surface area contributed by atoms with Crippen LogP contribution in [0.25, 0.3) is 0 Å². The molecule has 0 spiro atoms. The Balaban J connectivity index is 1.44. The Morgan fingerprint density at radius 3 is 2.62 bits per heavy atom. The van der Waals surface area contributed by atoms with Gasteiger partial charge in [0, 0.05) is 0 Å². The molecule has 134 valence electrons. The Morgan fingerprint density at radius 1 is 1.08 bits per heavy atom. The highest BCUT2D eigenvalue weighted by molar-refractivity contribution is 7.18. The standard InChI is InChI=1S/C18H15FN2O4S/c19-12-3-5-13(6-4-12)24-11-9-20-18(23)15-7-8-16(26-15)21-17(22)14-2-1-10-25-14/h1-8,10H,9,11H2,(H,20,23)(H,21,22). The fraction of sp³-hybridized carbons (Fsp3) is 0.111. The van der Waals surface area contributed by atoms with Crippen molar-refractivity contribution in [1.29, 1.82) is 0 Å². The molecule has 0 saturated carbocycles. The Hall–Kier alpha value is -3.13. The smallest absolute Gasteiger partial charge is 0.291 e. The van der Waals surface area contributed by atoms with E-state index in [-0.39, 0.29) is 30.0 Å². The number of ether oxygens (including phenoxy) is 1. The van der Waals surface area contributed by atoms with Crippen molar-refractivity contribution in [2.45, 2.75) is 0 Å². The topological polar surface area (TPSA) is 80.6 Å². The van der Waals surface area contributed by atoms with Crippen LogP contribution in [0.1, 0.15) is 20.2 Å². The summed E-state index contributed by atoms with van der Waals surface area (Å²) in [5, 5.41) is 5.92. The molecule has 0 unspecified atom stereocenters. The highest BCUT2D eigenvalue weighted by Gasteiger charge is 2.13. The van der Waals surface area contributed by atoms with Crippen LogP contribution in [0.15, 0.2) is 59.2 Å². The number of benzene rings is 1. The normalized spacial score (nSPS) is 10.3. The monoisotopic (exact) mass is 374 g/mol. The molecule has 2 aromatic heterocycles. The molecule has 0 radical (unpaired) electrons. The third-order valence-corrected chi connectivity index (χ3v) is 4.28. The maximum Gasteiger partial charge on any atom is 0.291 e. The van der Waals surface area contributed by atoms with Gasteiger partial charge in [0.25, 0.3) is 11.8 Å². The fourth-order valence-corrected chi connectivity index (χ4v) is 2.88. The molecule has 2 heterocycles. The molecule has 8 heteroatoms. The predicted octanol–water partition coefficient (Wildman–Crippen LogP) is 3.54. The summed E-state index contributed by atoms with van der Waals surface area (Å²) in [5.74, 6) is -0.256. The summed E-state index contributed by atoms with van der Waals surface area (Å²) < 4.78 is 23.2. The van der Waals surface area contributed by atoms with Crippen molar-refractivity contribution in [1.82, 2.24) is 5.32 Å². The summed E-state index contributed by atoms with van der Waals surface area (Å²) in [6, 6.07) is 12.1. The van der Waals surface area contributed by atoms with E-state index in [1.807, 2.05) is 0 Å². The second-order valence-electron chi connectivity index (χ2n) is 5.15. The molecular formula is C18H15FN2O4S. The Kier molecular flexibility index (Phi) is 5.65. The van der Waals surface area contributed by atoms with Crippen LogP contribution < -0.4 is 15.4 Å². The first kappa shape index (κ1) is 17.7. The van der Waals surface area contributed by atoms with Crippen molar-refractivity contribution in [3.05, 3.63) is 71.2 Å². The zero-order valence-electron chi connectivity index (χ0n) is 13.5. The summed E-state index contributed by atoms with van der Waals surface area (Å²) in [6.45, 7) is 0.549. The van der Waals surface area contributed by atoms with Crippen molar-refractivity contribution in [2.24, 2.45) is 0 Å². The van der Waals surface area contributed by atoms with Gasteiger partial charge in [0.1, 0.15) is 18.2 Å². The van der Waals surface area contributed by atoms with Crippen LogP contribution in [0.2, 0.25) is 0 Å². The number of nitrogens with one attached hydrogen (secondary N) is 2. The first-order valence-corrected chi connectivity index (χ1v) is 8.55. The van der Waals surface area contributed by atoms with Gasteiger partial charge in [-0.1, -0.05) is 0 Å². The molecule has 0 fully saturated rings. The molecule has 0 aliphatic rings. The number of anilines is 1. The molecule has 0 saturated heterocycles. The zero-order valence-corrected chi connectivity index (χ0v) is 14.3. The summed E-state index contributed by atoms with van der Waals surface area (Å²) in [4.78, 5) is 24.4. The summed E-state index contributed by atoms with van der Waals surface area (Å²) in [6.07, 6.45) is 1.41. The summed E-state index contributed by atoms with van der Waals surface area (Å²) in [7, 11) is 0. The van der Waals surface area contributed by atoms with Crippen molar-refractivity contribution >= 4 is 28.2 Å². The number of amides is 2. The number of carbonyl (C=O) groups excluding carboxylic acids is 2. The van der Waals surface area contributed by atoms with Crippen LogP contribution in [0.5, 0.6) is 5.75 Å². The largest absolute Gasteiger partial charge is 0.492 e. The van der Waals surface area contributed by atoms with E-state index in [1.165, 1.54) is 30.5 Å². The van der Waals surface area contributed by atoms with E-state index in [9.17, 15) is 14.0 Å². The van der Waals surface area contributed by atoms with Gasteiger partial charge >= 0.3 is 0 Å². The lowest BCUT2D eigenvalue weighted by molar-refractivity contribution is 0.0949. The number of rotatable bonds is 7. The van der Waals surface area contributed by atoms with E-state index in [2.05, 4.69) is 10.6 Å². The van der Waals surface area contributed by atoms with Crippen LogP contribution in [-0.4, -0.2) is 25.0 Å². The predicted molar refractivity (Wildman–Crippen MR) is 95.2 cm³/mol. The Bertz CT molecular complexity index is 875. The van der Waals surface area contributed by atoms with Gasteiger partial charge in [0.15, 0.2) is 5.76 Å². The quantitative estimate of drug-likeness (QED) is 0.620. The Morgan fingerprint density at radius 2 is 1.88 bits per heavy atom. The lowest BCUT2D eigenvalue weighted by Crippen LogP contribution is -2.27. The van der Waals surface area contributed by atoms with Gasteiger partial charge in [0.2, 0.25) is 0 Å². The second kappa shape index (κ2) is 8.30. The van der Waals surface area contributed by atoms with E-state index in [4.69, 9.17) is 9.15 Å². The van der Waals surface area contributed by atoms with Crippen molar-refractivity contribution in [2.75, 3.05) is 18.5 Å². The number of thiophene rings is 1. The molecular weight excluding hydrogens is 359 g/mol. The first-order valence-electron chi connectivity index (χ1n) is 7.73. The van der Waals surface area contributed by atoms with Crippen LogP contribution in [0, 0.1) is 5.82 Å². The van der Waals surface area contributed by atoms with Crippen molar-refractivity contribution in [3.8, 4) is 5.75 Å². The maximum atomic E-state index is 12.8. The average molecular weight is 374 g/mol. The third kappa shape index (κ3) is 4.70.